The predicted octanol–water partition coefficient (Wildman–Crippen LogP) is -0.858. The van der Waals surface area contributed by atoms with Crippen LogP contribution in [0.2, 0.25) is 0 Å². The number of rotatable bonds is 0. The predicted molar refractivity (Wildman–Crippen MR) is 32.1 cm³/mol. The first kappa shape index (κ1) is 5.77. The first-order valence-electron chi connectivity index (χ1n) is 2.32. The highest BCUT2D eigenvalue weighted by Crippen LogP contribution is 1.82. The van der Waals surface area contributed by atoms with E-state index in [1.165, 1.54) is 12.1 Å². The standard InChI is InChI=1S/C5H2BN3/c6-5-2-1-4(3-7)8-9-5/h1-2H. The summed E-state index contributed by atoms with van der Waals surface area (Å²) in [6.45, 7) is 0. The van der Waals surface area contributed by atoms with Crippen LogP contribution in [0.1, 0.15) is 5.69 Å². The van der Waals surface area contributed by atoms with Crippen molar-refractivity contribution in [3.05, 3.63) is 17.8 Å². The molecule has 1 heterocycles. The molecule has 9 heavy (non-hydrogen) atoms. The first-order valence-corrected chi connectivity index (χ1v) is 2.32. The Morgan fingerprint density at radius 3 is 2.67 bits per heavy atom. The second kappa shape index (κ2) is 2.27. The van der Waals surface area contributed by atoms with Crippen molar-refractivity contribution in [3.8, 4) is 6.07 Å². The second-order valence-electron chi connectivity index (χ2n) is 1.46. The van der Waals surface area contributed by atoms with Gasteiger partial charge in [-0.25, -0.2) is 0 Å². The molecule has 0 bridgehead atoms. The fourth-order valence-corrected chi connectivity index (χ4v) is 0.402. The third kappa shape index (κ3) is 1.26. The number of hydrogen-bond acceptors (Lipinski definition) is 3. The molecule has 1 aromatic heterocycles. The summed E-state index contributed by atoms with van der Waals surface area (Å²) in [5.74, 6) is 0. The monoisotopic (exact) mass is 115 g/mol. The van der Waals surface area contributed by atoms with Crippen molar-refractivity contribution < 1.29 is 0 Å². The Bertz CT molecular complexity index is 235. The fourth-order valence-electron chi connectivity index (χ4n) is 0.402. The van der Waals surface area contributed by atoms with Crippen molar-refractivity contribution in [1.29, 1.82) is 5.26 Å². The second-order valence-corrected chi connectivity index (χ2v) is 1.46. The van der Waals surface area contributed by atoms with Crippen LogP contribution in [-0.4, -0.2) is 18.0 Å². The van der Waals surface area contributed by atoms with Crippen molar-refractivity contribution in [2.75, 3.05) is 0 Å². The Morgan fingerprint density at radius 1 is 1.44 bits per heavy atom. The quantitative estimate of drug-likeness (QED) is 0.413. The number of nitriles is 1. The fraction of sp³-hybridized carbons (Fsp3) is 0. The van der Waals surface area contributed by atoms with Crippen LogP contribution in [0.5, 0.6) is 0 Å². The molecule has 3 nitrogen and oxygen atoms in total. The molecule has 0 atom stereocenters. The van der Waals surface area contributed by atoms with Crippen LogP contribution < -0.4 is 5.59 Å². The number of nitrogens with zero attached hydrogens (tertiary/aromatic N) is 3. The molecule has 0 unspecified atom stereocenters. The molecule has 0 saturated carbocycles. The molecule has 0 N–H and O–H groups in total. The van der Waals surface area contributed by atoms with E-state index in [2.05, 4.69) is 10.2 Å². The van der Waals surface area contributed by atoms with Gasteiger partial charge in [-0.1, -0.05) is 0 Å². The van der Waals surface area contributed by atoms with E-state index in [-0.39, 0.29) is 5.69 Å². The van der Waals surface area contributed by atoms with E-state index < -0.39 is 0 Å². The topological polar surface area (TPSA) is 49.6 Å². The van der Waals surface area contributed by atoms with Gasteiger partial charge in [0, 0.05) is 5.59 Å². The van der Waals surface area contributed by atoms with Gasteiger partial charge in [0.1, 0.15) is 13.9 Å². The SMILES string of the molecule is [B]c1ccc(C#N)nn1. The van der Waals surface area contributed by atoms with Gasteiger partial charge in [0.25, 0.3) is 0 Å². The summed E-state index contributed by atoms with van der Waals surface area (Å²) in [5.41, 5.74) is 0.609. The minimum absolute atomic E-state index is 0.282. The van der Waals surface area contributed by atoms with Gasteiger partial charge >= 0.3 is 0 Å². The van der Waals surface area contributed by atoms with Gasteiger partial charge in [0.2, 0.25) is 0 Å². The van der Waals surface area contributed by atoms with E-state index in [4.69, 9.17) is 13.1 Å². The van der Waals surface area contributed by atoms with Crippen LogP contribution in [0, 0.1) is 11.3 Å². The Labute approximate surface area is 53.7 Å². The minimum Gasteiger partial charge on any atom is -0.191 e. The maximum absolute atomic E-state index is 8.24. The third-order valence-electron chi connectivity index (χ3n) is 0.800. The molecule has 40 valence electrons. The van der Waals surface area contributed by atoms with Gasteiger partial charge in [0.15, 0.2) is 5.69 Å². The van der Waals surface area contributed by atoms with Gasteiger partial charge in [-0.2, -0.15) is 10.4 Å². The zero-order chi connectivity index (χ0) is 6.69. The molecule has 0 aliphatic carbocycles. The average Bonchev–Trinajstić information content (AvgIpc) is 1.90. The zero-order valence-corrected chi connectivity index (χ0v) is 4.57. The van der Waals surface area contributed by atoms with Gasteiger partial charge in [-0.05, 0) is 12.1 Å². The number of hydrogen-bond donors (Lipinski definition) is 0. The van der Waals surface area contributed by atoms with Crippen molar-refractivity contribution in [3.63, 3.8) is 0 Å². The molecule has 0 spiro atoms. The molecular weight excluding hydrogens is 113 g/mol. The maximum Gasteiger partial charge on any atom is 0.163 e. The average molecular weight is 115 g/mol. The van der Waals surface area contributed by atoms with Crippen LogP contribution in [0.25, 0.3) is 0 Å². The summed E-state index contributed by atoms with van der Waals surface area (Å²) in [7, 11) is 5.20. The minimum atomic E-state index is 0.282. The zero-order valence-electron chi connectivity index (χ0n) is 4.57. The highest BCUT2D eigenvalue weighted by Gasteiger charge is 1.88. The van der Waals surface area contributed by atoms with E-state index in [9.17, 15) is 0 Å². The summed E-state index contributed by atoms with van der Waals surface area (Å²) >= 11 is 0. The summed E-state index contributed by atoms with van der Waals surface area (Å²) in [4.78, 5) is 0. The Balaban J connectivity index is 3.06. The van der Waals surface area contributed by atoms with Crippen molar-refractivity contribution in [2.24, 2.45) is 0 Å². The van der Waals surface area contributed by atoms with Crippen molar-refractivity contribution >= 4 is 13.4 Å². The first-order chi connectivity index (χ1) is 4.33. The van der Waals surface area contributed by atoms with Crippen LogP contribution in [-0.2, 0) is 0 Å². The lowest BCUT2D eigenvalue weighted by Gasteiger charge is -1.86. The molecule has 1 aromatic rings. The van der Waals surface area contributed by atoms with Crippen molar-refractivity contribution in [2.45, 2.75) is 0 Å². The van der Waals surface area contributed by atoms with Gasteiger partial charge in [0.05, 0.1) is 0 Å². The van der Waals surface area contributed by atoms with Gasteiger partial charge in [-0.3, -0.25) is 0 Å². The Kier molecular flexibility index (Phi) is 1.45. The smallest absolute Gasteiger partial charge is 0.163 e. The van der Waals surface area contributed by atoms with Crippen molar-refractivity contribution in [1.82, 2.24) is 10.2 Å². The van der Waals surface area contributed by atoms with E-state index in [1.54, 1.807) is 0 Å². The molecule has 4 heteroatoms. The lowest BCUT2D eigenvalue weighted by Crippen LogP contribution is -2.09. The lowest BCUT2D eigenvalue weighted by atomic mass is 10.1. The lowest BCUT2D eigenvalue weighted by molar-refractivity contribution is 1.04. The van der Waals surface area contributed by atoms with E-state index in [1.807, 2.05) is 6.07 Å². The summed E-state index contributed by atoms with van der Waals surface area (Å²) in [6, 6.07) is 4.87. The molecular formula is C5H2BN3. The van der Waals surface area contributed by atoms with Gasteiger partial charge in [-0.15, -0.1) is 5.10 Å². The van der Waals surface area contributed by atoms with Crippen LogP contribution in [0.15, 0.2) is 12.1 Å². The largest absolute Gasteiger partial charge is 0.191 e. The highest BCUT2D eigenvalue weighted by atomic mass is 15.1. The Hall–Kier alpha value is -1.37. The molecule has 0 saturated heterocycles. The van der Waals surface area contributed by atoms with Crippen LogP contribution >= 0.6 is 0 Å². The highest BCUT2D eigenvalue weighted by molar-refractivity contribution is 6.30. The normalized spacial score (nSPS) is 8.33. The number of aromatic nitrogens is 2. The molecule has 0 aliphatic heterocycles. The molecule has 0 aromatic carbocycles. The maximum atomic E-state index is 8.24. The third-order valence-corrected chi connectivity index (χ3v) is 0.800. The summed E-state index contributed by atoms with van der Waals surface area (Å²) < 4.78 is 0. The van der Waals surface area contributed by atoms with Crippen LogP contribution in [0.3, 0.4) is 0 Å². The Morgan fingerprint density at radius 2 is 2.22 bits per heavy atom. The van der Waals surface area contributed by atoms with E-state index in [0.717, 1.165) is 0 Å². The van der Waals surface area contributed by atoms with E-state index >= 15 is 0 Å². The molecule has 0 aliphatic rings. The summed E-state index contributed by atoms with van der Waals surface area (Å²) in [6.07, 6.45) is 0. The molecule has 2 radical (unpaired) electrons. The molecule has 1 rings (SSSR count). The van der Waals surface area contributed by atoms with E-state index in [0.29, 0.717) is 5.59 Å². The molecule has 0 amide bonds. The van der Waals surface area contributed by atoms with Gasteiger partial charge < -0.3 is 0 Å². The van der Waals surface area contributed by atoms with Crippen LogP contribution in [0.4, 0.5) is 0 Å². The molecule has 0 fully saturated rings. The summed E-state index contributed by atoms with van der Waals surface area (Å²) in [5, 5.41) is 15.2.